The minimum atomic E-state index is -0.172. The van der Waals surface area contributed by atoms with Gasteiger partial charge in [0.25, 0.3) is 5.91 Å². The normalized spacial score (nSPS) is 10.1. The van der Waals surface area contributed by atoms with Crippen molar-refractivity contribution in [2.45, 2.75) is 25.7 Å². The van der Waals surface area contributed by atoms with E-state index in [1.54, 1.807) is 194 Å². The SMILES string of the molecule is Nc1ccc(C(=O)c2ccc(N)cc2)cc1.Nc1ccc(C(=O)c2cccc(N)c2)cc1.Nc1ccc(CCc2ccc(N)cc2)cc1.Nc1ccc(NC(=O)c2ccc(N)cc2)cc1.Nc1cccc(C(=O)c2cccc(N)c2)c1.Nc1cccc(CCc2cccc(N)c2)c1. The predicted molar refractivity (Wildman–Crippen MR) is 403 cm³/mol. The maximum atomic E-state index is 12.0. The Morgan fingerprint density at radius 3 is 0.722 bits per heavy atom. The van der Waals surface area contributed by atoms with Crippen molar-refractivity contribution in [2.24, 2.45) is 0 Å². The molecule has 25 N–H and O–H groups in total. The van der Waals surface area contributed by atoms with Crippen molar-refractivity contribution in [1.29, 1.82) is 0 Å². The Kier molecular flexibility index (Phi) is 26.5. The number of carbonyl (C=O) groups is 4. The predicted octanol–water partition coefficient (Wildman–Crippen LogP) is 13.6. The number of hydrogen-bond donors (Lipinski definition) is 13. The highest BCUT2D eigenvalue weighted by Gasteiger charge is 2.12. The first-order valence-electron chi connectivity index (χ1n) is 30.8. The highest BCUT2D eigenvalue weighted by molar-refractivity contribution is 6.11. The number of carbonyl (C=O) groups excluding carboxylic acids is 4. The van der Waals surface area contributed by atoms with Crippen molar-refractivity contribution < 1.29 is 19.2 Å². The summed E-state index contributed by atoms with van der Waals surface area (Å²) in [6.45, 7) is 0. The monoisotopic (exact) mass is 1290 g/mol. The third-order valence-corrected chi connectivity index (χ3v) is 14.6. The lowest BCUT2D eigenvalue weighted by Gasteiger charge is -2.05. The number of anilines is 13. The molecule has 0 fully saturated rings. The average molecular weight is 1290 g/mol. The molecule has 97 heavy (non-hydrogen) atoms. The summed E-state index contributed by atoms with van der Waals surface area (Å²) < 4.78 is 0. The van der Waals surface area contributed by atoms with Gasteiger partial charge in [-0.1, -0.05) is 84.9 Å². The van der Waals surface area contributed by atoms with Gasteiger partial charge in [-0.15, -0.1) is 0 Å². The van der Waals surface area contributed by atoms with Gasteiger partial charge in [-0.05, 0) is 254 Å². The lowest BCUT2D eigenvalue weighted by atomic mass is 10.0. The maximum Gasteiger partial charge on any atom is 0.255 e. The van der Waals surface area contributed by atoms with Crippen molar-refractivity contribution in [3.05, 3.63) is 352 Å². The number of benzene rings is 12. The van der Waals surface area contributed by atoms with E-state index in [4.69, 9.17) is 68.8 Å². The van der Waals surface area contributed by atoms with Gasteiger partial charge in [0.15, 0.2) is 17.3 Å². The lowest BCUT2D eigenvalue weighted by Crippen LogP contribution is -2.11. The minimum Gasteiger partial charge on any atom is -0.399 e. The number of aryl methyl sites for hydroxylation is 4. The average Bonchev–Trinajstić information content (AvgIpc) is 0.983. The van der Waals surface area contributed by atoms with Crippen LogP contribution in [0.25, 0.3) is 0 Å². The Labute approximate surface area is 565 Å². The van der Waals surface area contributed by atoms with Gasteiger partial charge in [-0.2, -0.15) is 0 Å². The Balaban J connectivity index is 0.000000164. The van der Waals surface area contributed by atoms with Gasteiger partial charge >= 0.3 is 0 Å². The molecule has 0 unspecified atom stereocenters. The molecule has 1 amide bonds. The van der Waals surface area contributed by atoms with Crippen molar-refractivity contribution >= 4 is 97.2 Å². The van der Waals surface area contributed by atoms with Crippen LogP contribution in [0.5, 0.6) is 0 Å². The van der Waals surface area contributed by atoms with Crippen molar-refractivity contribution in [2.75, 3.05) is 74.1 Å². The third kappa shape index (κ3) is 24.4. The standard InChI is InChI=1S/2C14H16N2.C13H13N3O.3C13H12N2O/c15-13-5-1-3-11(9-13)7-8-12-4-2-6-14(16)10-12;15-13-7-3-11(4-8-13)1-2-12-5-9-14(16)10-6-12;14-10-3-1-9(2-4-10)13(17)16-12-7-5-11(15)6-8-12;14-11-5-1-9(2-6-11)13(16)10-3-7-12(15)8-4-10;14-11-5-1-3-9(7-11)13(16)10-4-2-6-12(15)8-10;14-11-6-4-9(5-7-11)13(16)10-2-1-3-12(15)8-10/h1-6,9-10H,7-8,15-16H2;3-10H,1-2,15-16H2;1-8H,14-15H2,(H,16,17);3*1-8H,14-15H2. The quantitative estimate of drug-likeness (QED) is 0.0355. The number of rotatable bonds is 14. The van der Waals surface area contributed by atoms with Gasteiger partial charge < -0.3 is 74.1 Å². The molecule has 0 spiro atoms. The summed E-state index contributed by atoms with van der Waals surface area (Å²) in [7, 11) is 0. The third-order valence-electron chi connectivity index (χ3n) is 14.6. The molecule has 12 aromatic rings. The fourth-order valence-electron chi connectivity index (χ4n) is 9.29. The second-order valence-electron chi connectivity index (χ2n) is 22.4. The number of hydrogen-bond acceptors (Lipinski definition) is 16. The van der Waals surface area contributed by atoms with E-state index in [0.29, 0.717) is 90.1 Å². The lowest BCUT2D eigenvalue weighted by molar-refractivity contribution is 0.102. The number of nitrogens with two attached hydrogens (primary N) is 12. The van der Waals surface area contributed by atoms with Crippen LogP contribution in [0, 0.1) is 0 Å². The topological polar surface area (TPSA) is 393 Å². The fourth-order valence-corrected chi connectivity index (χ4v) is 9.29. The molecule has 0 aliphatic rings. The summed E-state index contributed by atoms with van der Waals surface area (Å²) in [4.78, 5) is 47.9. The van der Waals surface area contributed by atoms with Crippen LogP contribution >= 0.6 is 0 Å². The van der Waals surface area contributed by atoms with Crippen molar-refractivity contribution in [3.63, 3.8) is 0 Å². The van der Waals surface area contributed by atoms with Gasteiger partial charge in [-0.3, -0.25) is 19.2 Å². The van der Waals surface area contributed by atoms with E-state index in [-0.39, 0.29) is 23.3 Å². The molecular formula is C80H81N13O4. The zero-order valence-corrected chi connectivity index (χ0v) is 53.6. The van der Waals surface area contributed by atoms with Crippen LogP contribution in [0.4, 0.5) is 73.9 Å². The first-order valence-corrected chi connectivity index (χ1v) is 30.8. The van der Waals surface area contributed by atoms with E-state index < -0.39 is 0 Å². The first-order chi connectivity index (χ1) is 46.6. The van der Waals surface area contributed by atoms with Crippen LogP contribution in [0.2, 0.25) is 0 Å². The molecule has 0 aliphatic carbocycles. The van der Waals surface area contributed by atoms with Gasteiger partial charge in [0, 0.05) is 113 Å². The molecule has 12 rings (SSSR count). The summed E-state index contributed by atoms with van der Waals surface area (Å²) in [6, 6.07) is 87.1. The van der Waals surface area contributed by atoms with Gasteiger partial charge in [0.2, 0.25) is 0 Å². The number of ketones is 3. The van der Waals surface area contributed by atoms with Crippen LogP contribution in [0.1, 0.15) is 80.4 Å². The van der Waals surface area contributed by atoms with Crippen LogP contribution in [-0.4, -0.2) is 23.3 Å². The van der Waals surface area contributed by atoms with E-state index in [2.05, 4.69) is 41.7 Å². The number of nitrogen functional groups attached to an aromatic ring is 12. The van der Waals surface area contributed by atoms with Crippen LogP contribution in [0.15, 0.2) is 291 Å². The molecule has 0 bridgehead atoms. The molecule has 0 atom stereocenters. The molecule has 0 aromatic heterocycles. The highest BCUT2D eigenvalue weighted by Crippen LogP contribution is 2.20. The first kappa shape index (κ1) is 71.2. The molecule has 490 valence electrons. The van der Waals surface area contributed by atoms with Crippen LogP contribution in [-0.2, 0) is 25.7 Å². The summed E-state index contributed by atoms with van der Waals surface area (Å²) in [5, 5.41) is 2.77. The Bertz CT molecular complexity index is 4310. The molecule has 0 saturated carbocycles. The zero-order chi connectivity index (χ0) is 69.6. The largest absolute Gasteiger partial charge is 0.399 e. The maximum absolute atomic E-state index is 12.0. The van der Waals surface area contributed by atoms with Crippen molar-refractivity contribution in [3.8, 4) is 0 Å². The van der Waals surface area contributed by atoms with Gasteiger partial charge in [0.1, 0.15) is 0 Å². The van der Waals surface area contributed by atoms with Crippen molar-refractivity contribution in [1.82, 2.24) is 0 Å². The number of amides is 1. The van der Waals surface area contributed by atoms with E-state index in [1.165, 1.54) is 22.3 Å². The summed E-state index contributed by atoms with van der Waals surface area (Å²) in [6.07, 6.45) is 4.05. The van der Waals surface area contributed by atoms with Gasteiger partial charge in [-0.25, -0.2) is 0 Å². The Morgan fingerprint density at radius 2 is 0.433 bits per heavy atom. The van der Waals surface area contributed by atoms with E-state index in [1.807, 2.05) is 60.7 Å². The molecule has 17 nitrogen and oxygen atoms in total. The van der Waals surface area contributed by atoms with Crippen LogP contribution in [0.3, 0.4) is 0 Å². The highest BCUT2D eigenvalue weighted by atomic mass is 16.2. The molecule has 17 heteroatoms. The Morgan fingerprint density at radius 1 is 0.206 bits per heavy atom. The summed E-state index contributed by atoms with van der Waals surface area (Å²) >= 11 is 0. The Hall–Kier alpha value is -13.3. The van der Waals surface area contributed by atoms with E-state index in [0.717, 1.165) is 48.4 Å². The molecule has 0 heterocycles. The number of nitrogens with one attached hydrogen (secondary N) is 1. The zero-order valence-electron chi connectivity index (χ0n) is 53.6. The molecule has 0 aliphatic heterocycles. The second-order valence-corrected chi connectivity index (χ2v) is 22.4. The summed E-state index contributed by atoms with van der Waals surface area (Å²) in [5.41, 5.74) is 85.7. The smallest absolute Gasteiger partial charge is 0.255 e. The summed E-state index contributed by atoms with van der Waals surface area (Å²) in [5.74, 6) is -0.318. The molecule has 0 saturated heterocycles. The van der Waals surface area contributed by atoms with Gasteiger partial charge in [0.05, 0.1) is 0 Å². The minimum absolute atomic E-state index is 0.0278. The molecule has 12 aromatic carbocycles. The van der Waals surface area contributed by atoms with E-state index >= 15 is 0 Å². The van der Waals surface area contributed by atoms with Crippen LogP contribution < -0.4 is 74.1 Å². The second kappa shape index (κ2) is 36.1. The van der Waals surface area contributed by atoms with E-state index in [9.17, 15) is 19.2 Å². The fraction of sp³-hybridized carbons (Fsp3) is 0.0500. The molecular weight excluding hydrogens is 1210 g/mol. The molecule has 0 radical (unpaired) electrons.